The van der Waals surface area contributed by atoms with Gasteiger partial charge in [-0.1, -0.05) is 25.0 Å². The number of rotatable bonds is 8. The first-order valence-electron chi connectivity index (χ1n) is 11.3. The van der Waals surface area contributed by atoms with E-state index in [0.29, 0.717) is 35.6 Å². The molecule has 0 spiro atoms. The Labute approximate surface area is 197 Å². The number of benzene rings is 1. The van der Waals surface area contributed by atoms with E-state index in [2.05, 4.69) is 10.0 Å². The number of azide groups is 1. The Morgan fingerprint density at radius 2 is 2.06 bits per heavy atom. The number of carbonyl (C=O) groups is 2. The molecule has 0 bridgehead atoms. The van der Waals surface area contributed by atoms with Crippen LogP contribution in [0.25, 0.3) is 10.4 Å². The highest BCUT2D eigenvalue weighted by Gasteiger charge is 2.48. The van der Waals surface area contributed by atoms with Crippen molar-refractivity contribution < 1.29 is 28.5 Å². The van der Waals surface area contributed by atoms with Gasteiger partial charge in [0.25, 0.3) is 0 Å². The van der Waals surface area contributed by atoms with Crippen molar-refractivity contribution in [2.75, 3.05) is 33.2 Å². The Balaban J connectivity index is 1.81. The summed E-state index contributed by atoms with van der Waals surface area (Å²) in [7, 11) is 0. The molecular weight excluding hydrogens is 440 g/mol. The second-order valence-electron chi connectivity index (χ2n) is 9.24. The summed E-state index contributed by atoms with van der Waals surface area (Å²) in [6.07, 6.45) is 1.02. The van der Waals surface area contributed by atoms with Gasteiger partial charge in [0, 0.05) is 29.5 Å². The molecule has 2 aliphatic heterocycles. The van der Waals surface area contributed by atoms with Crippen molar-refractivity contribution in [2.45, 2.75) is 39.5 Å². The smallest absolute Gasteiger partial charge is 0.336 e. The number of fused-ring (bicyclic) bond motifs is 2. The van der Waals surface area contributed by atoms with E-state index in [1.165, 1.54) is 0 Å². The number of ketones is 1. The van der Waals surface area contributed by atoms with Crippen LogP contribution in [0.5, 0.6) is 11.5 Å². The van der Waals surface area contributed by atoms with Gasteiger partial charge in [-0.25, -0.2) is 4.79 Å². The minimum atomic E-state index is -0.583. The molecule has 4 rings (SSSR count). The second-order valence-corrected chi connectivity index (χ2v) is 9.24. The minimum absolute atomic E-state index is 0.0288. The third-order valence-corrected chi connectivity index (χ3v) is 6.14. The van der Waals surface area contributed by atoms with Crippen molar-refractivity contribution >= 4 is 17.5 Å². The number of esters is 1. The van der Waals surface area contributed by atoms with Crippen LogP contribution in [0.1, 0.15) is 45.1 Å². The number of ether oxygens (including phenoxy) is 4. The van der Waals surface area contributed by atoms with E-state index in [-0.39, 0.29) is 44.4 Å². The van der Waals surface area contributed by atoms with Crippen LogP contribution in [-0.2, 0) is 19.1 Å². The largest absolute Gasteiger partial charge is 0.463 e. The van der Waals surface area contributed by atoms with Gasteiger partial charge in [-0.3, -0.25) is 9.79 Å². The van der Waals surface area contributed by atoms with Gasteiger partial charge < -0.3 is 18.9 Å². The third-order valence-electron chi connectivity index (χ3n) is 6.14. The molecule has 2 heterocycles. The molecular formula is C24H28N4O6. The summed E-state index contributed by atoms with van der Waals surface area (Å²) in [6, 6.07) is 5.47. The fraction of sp³-hybridized carbons (Fsp3) is 0.542. The van der Waals surface area contributed by atoms with Crippen LogP contribution in [0.4, 0.5) is 0 Å². The van der Waals surface area contributed by atoms with Crippen LogP contribution in [-0.4, -0.2) is 50.6 Å². The van der Waals surface area contributed by atoms with E-state index >= 15 is 0 Å². The Kier molecular flexibility index (Phi) is 6.90. The standard InChI is InChI=1S/C24H28N4O6/c1-4-32-23(30)22-16(12-31-8-7-26-28-25)27-15-10-24(2,3)11-17(29)21(15)20(22)14-5-6-18-19(9-14)34-13-33-18/h5-6,9,20-21H,4,7-8,10-13H2,1-3H3. The Morgan fingerprint density at radius 1 is 1.26 bits per heavy atom. The van der Waals surface area contributed by atoms with Crippen molar-refractivity contribution in [1.29, 1.82) is 0 Å². The van der Waals surface area contributed by atoms with Crippen molar-refractivity contribution in [2.24, 2.45) is 21.4 Å². The topological polar surface area (TPSA) is 132 Å². The van der Waals surface area contributed by atoms with Crippen LogP contribution in [0.3, 0.4) is 0 Å². The zero-order valence-corrected chi connectivity index (χ0v) is 19.6. The van der Waals surface area contributed by atoms with Crippen molar-refractivity contribution in [1.82, 2.24) is 0 Å². The summed E-state index contributed by atoms with van der Waals surface area (Å²) < 4.78 is 22.1. The van der Waals surface area contributed by atoms with Gasteiger partial charge in [0.05, 0.1) is 37.0 Å². The van der Waals surface area contributed by atoms with Gasteiger partial charge in [-0.05, 0) is 42.0 Å². The monoisotopic (exact) mass is 468 g/mol. The fourth-order valence-corrected chi connectivity index (χ4v) is 4.85. The molecule has 1 fully saturated rings. The Morgan fingerprint density at radius 3 is 2.82 bits per heavy atom. The molecule has 2 unspecified atom stereocenters. The maximum absolute atomic E-state index is 13.4. The Hall–Kier alpha value is -3.36. The highest BCUT2D eigenvalue weighted by Crippen LogP contribution is 2.48. The number of nitrogens with zero attached hydrogens (tertiary/aromatic N) is 4. The van der Waals surface area contributed by atoms with Crippen LogP contribution in [0.2, 0.25) is 0 Å². The third kappa shape index (κ3) is 4.78. The van der Waals surface area contributed by atoms with Crippen molar-refractivity contribution in [3.63, 3.8) is 0 Å². The lowest BCUT2D eigenvalue weighted by Crippen LogP contribution is -2.44. The first-order valence-corrected chi connectivity index (χ1v) is 11.3. The van der Waals surface area contributed by atoms with E-state index in [4.69, 9.17) is 29.5 Å². The molecule has 0 amide bonds. The maximum Gasteiger partial charge on any atom is 0.336 e. The van der Waals surface area contributed by atoms with Gasteiger partial charge in [0.1, 0.15) is 5.78 Å². The molecule has 10 nitrogen and oxygen atoms in total. The molecule has 1 aromatic rings. The molecule has 180 valence electrons. The highest BCUT2D eigenvalue weighted by atomic mass is 16.7. The predicted octanol–water partition coefficient (Wildman–Crippen LogP) is 4.10. The average molecular weight is 469 g/mol. The number of Topliss-reactive ketones (excluding diaryl/α,β-unsaturated/α-hetero) is 1. The lowest BCUT2D eigenvalue weighted by atomic mass is 9.63. The van der Waals surface area contributed by atoms with Gasteiger partial charge in [0.15, 0.2) is 11.5 Å². The number of aliphatic imine (C=N–C) groups is 1. The summed E-state index contributed by atoms with van der Waals surface area (Å²) in [6.45, 7) is 6.49. The van der Waals surface area contributed by atoms with E-state index in [9.17, 15) is 9.59 Å². The van der Waals surface area contributed by atoms with E-state index in [0.717, 1.165) is 11.3 Å². The minimum Gasteiger partial charge on any atom is -0.463 e. The molecule has 2 atom stereocenters. The van der Waals surface area contributed by atoms with Crippen molar-refractivity contribution in [3.8, 4) is 11.5 Å². The van der Waals surface area contributed by atoms with Crippen LogP contribution in [0, 0.1) is 11.3 Å². The fourth-order valence-electron chi connectivity index (χ4n) is 4.85. The highest BCUT2D eigenvalue weighted by molar-refractivity contribution is 6.12. The van der Waals surface area contributed by atoms with E-state index < -0.39 is 17.8 Å². The lowest BCUT2D eigenvalue weighted by Gasteiger charge is -2.41. The number of hydrogen-bond acceptors (Lipinski definition) is 8. The summed E-state index contributed by atoms with van der Waals surface area (Å²) in [5, 5.41) is 3.47. The normalized spacial score (nSPS) is 22.6. The summed E-state index contributed by atoms with van der Waals surface area (Å²) in [5.74, 6) is -0.449. The molecule has 1 aromatic carbocycles. The molecule has 3 aliphatic rings. The maximum atomic E-state index is 13.4. The van der Waals surface area contributed by atoms with Gasteiger partial charge in [-0.15, -0.1) is 0 Å². The van der Waals surface area contributed by atoms with Gasteiger partial charge in [-0.2, -0.15) is 0 Å². The zero-order valence-electron chi connectivity index (χ0n) is 19.6. The molecule has 1 saturated carbocycles. The first kappa shape index (κ1) is 23.8. The number of carbonyl (C=O) groups excluding carboxylic acids is 2. The molecule has 10 heteroatoms. The van der Waals surface area contributed by atoms with E-state index in [1.807, 2.05) is 26.0 Å². The predicted molar refractivity (Wildman–Crippen MR) is 123 cm³/mol. The molecule has 0 aromatic heterocycles. The van der Waals surface area contributed by atoms with Crippen molar-refractivity contribution in [3.05, 3.63) is 45.5 Å². The Bertz CT molecular complexity index is 1100. The second kappa shape index (κ2) is 9.87. The molecule has 1 aliphatic carbocycles. The number of hydrogen-bond donors (Lipinski definition) is 0. The van der Waals surface area contributed by atoms with Crippen LogP contribution < -0.4 is 9.47 Å². The summed E-state index contributed by atoms with van der Waals surface area (Å²) in [5.41, 5.74) is 10.5. The first-order chi connectivity index (χ1) is 16.3. The summed E-state index contributed by atoms with van der Waals surface area (Å²) >= 11 is 0. The van der Waals surface area contributed by atoms with Crippen LogP contribution >= 0.6 is 0 Å². The van der Waals surface area contributed by atoms with Gasteiger partial charge >= 0.3 is 5.97 Å². The molecule has 0 saturated heterocycles. The molecule has 0 N–H and O–H groups in total. The average Bonchev–Trinajstić information content (AvgIpc) is 3.25. The summed E-state index contributed by atoms with van der Waals surface area (Å²) in [4.78, 5) is 34.2. The molecule has 34 heavy (non-hydrogen) atoms. The van der Waals surface area contributed by atoms with Crippen LogP contribution in [0.15, 0.2) is 39.6 Å². The zero-order chi connectivity index (χ0) is 24.3. The SMILES string of the molecule is CCOC(=O)C1=C(COCCN=[N+]=[N-])N=C2CC(C)(C)CC(=O)C2C1c1ccc2c(c1)OCO2. The van der Waals surface area contributed by atoms with E-state index in [1.54, 1.807) is 13.0 Å². The van der Waals surface area contributed by atoms with Gasteiger partial charge in [0.2, 0.25) is 6.79 Å². The molecule has 0 radical (unpaired) electrons. The quantitative estimate of drug-likeness (QED) is 0.185. The lowest BCUT2D eigenvalue weighted by molar-refractivity contribution is -0.139.